The molecule has 0 aliphatic heterocycles. The van der Waals surface area contributed by atoms with Gasteiger partial charge in [0.15, 0.2) is 5.78 Å². The van der Waals surface area contributed by atoms with E-state index in [0.717, 1.165) is 16.8 Å². The minimum atomic E-state index is -1.01. The van der Waals surface area contributed by atoms with Crippen LogP contribution in [0, 0.1) is 27.7 Å². The normalized spacial score (nSPS) is 10.7. The number of hydrogen-bond acceptors (Lipinski definition) is 2. The highest BCUT2D eigenvalue weighted by atomic mass is 16.4. The number of nitrogens with zero attached hydrogens (tertiary/aromatic N) is 1. The summed E-state index contributed by atoms with van der Waals surface area (Å²) in [7, 11) is 0. The highest BCUT2D eigenvalue weighted by Crippen LogP contribution is 2.17. The molecular formula is C17H19NO3. The molecule has 21 heavy (non-hydrogen) atoms. The van der Waals surface area contributed by atoms with Gasteiger partial charge >= 0.3 is 5.97 Å². The Morgan fingerprint density at radius 3 is 2.24 bits per heavy atom. The Morgan fingerprint density at radius 1 is 1.00 bits per heavy atom. The van der Waals surface area contributed by atoms with Crippen LogP contribution < -0.4 is 0 Å². The summed E-state index contributed by atoms with van der Waals surface area (Å²) in [6, 6.07) is 7.34. The number of benzene rings is 1. The third kappa shape index (κ3) is 2.89. The highest BCUT2D eigenvalue weighted by Gasteiger charge is 2.19. The molecular weight excluding hydrogens is 266 g/mol. The van der Waals surface area contributed by atoms with Crippen molar-refractivity contribution in [3.63, 3.8) is 0 Å². The summed E-state index contributed by atoms with van der Waals surface area (Å²) in [6.45, 7) is 7.55. The molecule has 4 nitrogen and oxygen atoms in total. The lowest BCUT2D eigenvalue weighted by molar-refractivity contribution is 0.0684. The average Bonchev–Trinajstić information content (AvgIpc) is 2.67. The highest BCUT2D eigenvalue weighted by molar-refractivity contribution is 5.97. The molecule has 0 spiro atoms. The smallest absolute Gasteiger partial charge is 0.352 e. The third-order valence-corrected chi connectivity index (χ3v) is 3.83. The first-order valence-corrected chi connectivity index (χ1v) is 6.81. The second-order valence-corrected chi connectivity index (χ2v) is 5.43. The van der Waals surface area contributed by atoms with Crippen LogP contribution in [0.5, 0.6) is 0 Å². The van der Waals surface area contributed by atoms with E-state index in [4.69, 9.17) is 0 Å². The van der Waals surface area contributed by atoms with Gasteiger partial charge in [-0.15, -0.1) is 0 Å². The van der Waals surface area contributed by atoms with Crippen molar-refractivity contribution in [2.75, 3.05) is 0 Å². The van der Waals surface area contributed by atoms with Crippen molar-refractivity contribution in [1.29, 1.82) is 0 Å². The minimum absolute atomic E-state index is 0.0454. The first kappa shape index (κ1) is 15.0. The lowest BCUT2D eigenvalue weighted by Crippen LogP contribution is -2.17. The van der Waals surface area contributed by atoms with Gasteiger partial charge < -0.3 is 9.67 Å². The zero-order valence-corrected chi connectivity index (χ0v) is 12.7. The SMILES string of the molecule is Cc1ccc(C(=O)Cn2c(C)cc(C)c2C(=O)O)cc1C. The van der Waals surface area contributed by atoms with Crippen molar-refractivity contribution < 1.29 is 14.7 Å². The number of rotatable bonds is 4. The molecule has 1 aromatic carbocycles. The van der Waals surface area contributed by atoms with Crippen molar-refractivity contribution >= 4 is 11.8 Å². The maximum Gasteiger partial charge on any atom is 0.352 e. The van der Waals surface area contributed by atoms with Gasteiger partial charge in [-0.25, -0.2) is 4.79 Å². The molecule has 0 amide bonds. The van der Waals surface area contributed by atoms with E-state index in [1.807, 2.05) is 32.9 Å². The van der Waals surface area contributed by atoms with Crippen LogP contribution in [-0.2, 0) is 6.54 Å². The Kier molecular flexibility index (Phi) is 3.98. The molecule has 110 valence electrons. The van der Waals surface area contributed by atoms with E-state index in [0.29, 0.717) is 11.1 Å². The molecule has 0 aliphatic rings. The van der Waals surface area contributed by atoms with Gasteiger partial charge in [0.1, 0.15) is 5.69 Å². The number of aryl methyl sites for hydroxylation is 4. The Bertz CT molecular complexity index is 726. The number of ketones is 1. The zero-order chi connectivity index (χ0) is 15.7. The van der Waals surface area contributed by atoms with Crippen LogP contribution in [0.1, 0.15) is 43.2 Å². The van der Waals surface area contributed by atoms with E-state index in [9.17, 15) is 14.7 Å². The van der Waals surface area contributed by atoms with Crippen LogP contribution in [0.15, 0.2) is 24.3 Å². The topological polar surface area (TPSA) is 59.3 Å². The van der Waals surface area contributed by atoms with E-state index in [1.54, 1.807) is 23.6 Å². The summed E-state index contributed by atoms with van der Waals surface area (Å²) in [4.78, 5) is 23.7. The lowest BCUT2D eigenvalue weighted by atomic mass is 10.0. The maximum atomic E-state index is 12.4. The van der Waals surface area contributed by atoms with Crippen LogP contribution in [-0.4, -0.2) is 21.4 Å². The quantitative estimate of drug-likeness (QED) is 0.877. The summed E-state index contributed by atoms with van der Waals surface area (Å²) >= 11 is 0. The molecule has 1 heterocycles. The number of aromatic nitrogens is 1. The van der Waals surface area contributed by atoms with E-state index >= 15 is 0 Å². The number of carbonyl (C=O) groups is 2. The fourth-order valence-electron chi connectivity index (χ4n) is 2.49. The zero-order valence-electron chi connectivity index (χ0n) is 12.7. The Balaban J connectivity index is 2.36. The number of Topliss-reactive ketones (excluding diaryl/α,β-unsaturated/α-hetero) is 1. The molecule has 0 radical (unpaired) electrons. The van der Waals surface area contributed by atoms with Crippen LogP contribution in [0.3, 0.4) is 0 Å². The minimum Gasteiger partial charge on any atom is -0.477 e. The fourth-order valence-corrected chi connectivity index (χ4v) is 2.49. The van der Waals surface area contributed by atoms with Crippen molar-refractivity contribution in [1.82, 2.24) is 4.57 Å². The molecule has 0 fully saturated rings. The molecule has 0 atom stereocenters. The predicted molar refractivity (Wildman–Crippen MR) is 81.1 cm³/mol. The molecule has 0 saturated carbocycles. The molecule has 0 bridgehead atoms. The van der Waals surface area contributed by atoms with Gasteiger partial charge in [0, 0.05) is 11.3 Å². The molecule has 0 aliphatic carbocycles. The first-order chi connectivity index (χ1) is 9.81. The molecule has 0 unspecified atom stereocenters. The lowest BCUT2D eigenvalue weighted by Gasteiger charge is -2.10. The largest absolute Gasteiger partial charge is 0.477 e. The second-order valence-electron chi connectivity index (χ2n) is 5.43. The number of carbonyl (C=O) groups excluding carboxylic acids is 1. The van der Waals surface area contributed by atoms with E-state index in [1.165, 1.54) is 0 Å². The van der Waals surface area contributed by atoms with Gasteiger partial charge in [-0.2, -0.15) is 0 Å². The van der Waals surface area contributed by atoms with Crippen LogP contribution in [0.4, 0.5) is 0 Å². The van der Waals surface area contributed by atoms with Crippen molar-refractivity contribution in [3.05, 3.63) is 57.9 Å². The molecule has 2 rings (SSSR count). The van der Waals surface area contributed by atoms with Crippen LogP contribution in [0.25, 0.3) is 0 Å². The van der Waals surface area contributed by atoms with Crippen molar-refractivity contribution in [2.24, 2.45) is 0 Å². The van der Waals surface area contributed by atoms with Gasteiger partial charge in [0.2, 0.25) is 0 Å². The second kappa shape index (κ2) is 5.56. The summed E-state index contributed by atoms with van der Waals surface area (Å²) < 4.78 is 1.56. The average molecular weight is 285 g/mol. The summed E-state index contributed by atoms with van der Waals surface area (Å²) in [5, 5.41) is 9.29. The summed E-state index contributed by atoms with van der Waals surface area (Å²) in [6.07, 6.45) is 0. The summed E-state index contributed by atoms with van der Waals surface area (Å²) in [5.41, 5.74) is 4.44. The van der Waals surface area contributed by atoms with Gasteiger partial charge in [-0.1, -0.05) is 12.1 Å². The van der Waals surface area contributed by atoms with Crippen LogP contribution in [0.2, 0.25) is 0 Å². The van der Waals surface area contributed by atoms with Gasteiger partial charge in [-0.05, 0) is 56.5 Å². The summed E-state index contributed by atoms with van der Waals surface area (Å²) in [5.74, 6) is -1.09. The maximum absolute atomic E-state index is 12.4. The van der Waals surface area contributed by atoms with Crippen molar-refractivity contribution in [2.45, 2.75) is 34.2 Å². The van der Waals surface area contributed by atoms with E-state index in [2.05, 4.69) is 0 Å². The molecule has 4 heteroatoms. The standard InChI is InChI=1S/C17H19NO3/c1-10-5-6-14(8-11(10)2)15(19)9-18-13(4)7-12(3)16(18)17(20)21/h5-8H,9H2,1-4H3,(H,20,21). The monoisotopic (exact) mass is 285 g/mol. The number of carboxylic acid groups (broad SMARTS) is 1. The van der Waals surface area contributed by atoms with Gasteiger partial charge in [0.25, 0.3) is 0 Å². The van der Waals surface area contributed by atoms with Gasteiger partial charge in [-0.3, -0.25) is 4.79 Å². The van der Waals surface area contributed by atoms with Gasteiger partial charge in [0.05, 0.1) is 6.54 Å². The molecule has 1 N–H and O–H groups in total. The fraction of sp³-hybridized carbons (Fsp3) is 0.294. The van der Waals surface area contributed by atoms with E-state index < -0.39 is 5.97 Å². The predicted octanol–water partition coefficient (Wildman–Crippen LogP) is 3.30. The van der Waals surface area contributed by atoms with E-state index in [-0.39, 0.29) is 18.0 Å². The first-order valence-electron chi connectivity index (χ1n) is 6.81. The molecule has 0 saturated heterocycles. The molecule has 2 aromatic rings. The number of aromatic carboxylic acids is 1. The van der Waals surface area contributed by atoms with Crippen molar-refractivity contribution in [3.8, 4) is 0 Å². The Hall–Kier alpha value is -2.36. The Morgan fingerprint density at radius 2 is 1.67 bits per heavy atom. The number of carboxylic acids is 1. The number of hydrogen-bond donors (Lipinski definition) is 1. The van der Waals surface area contributed by atoms with Crippen LogP contribution >= 0.6 is 0 Å². The third-order valence-electron chi connectivity index (χ3n) is 3.83. The molecule has 1 aromatic heterocycles. The Labute approximate surface area is 124 Å².